The molecule has 230 valence electrons. The molecule has 1 aliphatic heterocycles. The van der Waals surface area contributed by atoms with Crippen LogP contribution in [-0.2, 0) is 6.18 Å². The molecule has 5 rings (SSSR count). The van der Waals surface area contributed by atoms with Gasteiger partial charge in [0.2, 0.25) is 5.88 Å². The molecule has 3 aromatic heterocycles. The molecule has 1 aromatic carbocycles. The van der Waals surface area contributed by atoms with Crippen LogP contribution in [0.1, 0.15) is 61.6 Å². The molecule has 1 saturated heterocycles. The number of pyridine rings is 2. The largest absolute Gasteiger partial charge is 0.476 e. The van der Waals surface area contributed by atoms with E-state index in [1.54, 1.807) is 23.3 Å². The summed E-state index contributed by atoms with van der Waals surface area (Å²) in [6, 6.07) is 7.21. The number of benzene rings is 1. The topological polar surface area (TPSA) is 77.3 Å². The molecule has 0 bridgehead atoms. The van der Waals surface area contributed by atoms with Crippen LogP contribution in [-0.4, -0.2) is 45.0 Å². The van der Waals surface area contributed by atoms with Crippen LogP contribution in [0.5, 0.6) is 5.88 Å². The molecule has 1 aliphatic rings. The molecule has 0 aliphatic carbocycles. The van der Waals surface area contributed by atoms with Gasteiger partial charge in [-0.3, -0.25) is 14.2 Å². The summed E-state index contributed by atoms with van der Waals surface area (Å²) >= 11 is 1.11. The number of halogens is 4. The van der Waals surface area contributed by atoms with Crippen molar-refractivity contribution in [1.82, 2.24) is 19.4 Å². The first kappa shape index (κ1) is 31.1. The highest BCUT2D eigenvalue weighted by molar-refractivity contribution is 7.13. The number of likely N-dealkylation sites (tertiary alicyclic amines) is 1. The maximum Gasteiger partial charge on any atom is 0.416 e. The lowest BCUT2D eigenvalue weighted by Gasteiger charge is -2.28. The number of aromatic nitrogens is 3. The van der Waals surface area contributed by atoms with Gasteiger partial charge in [0.25, 0.3) is 11.5 Å². The van der Waals surface area contributed by atoms with Crippen molar-refractivity contribution in [3.63, 3.8) is 0 Å². The molecule has 0 unspecified atom stereocenters. The van der Waals surface area contributed by atoms with Crippen molar-refractivity contribution in [2.24, 2.45) is 0 Å². The molecule has 0 N–H and O–H groups in total. The van der Waals surface area contributed by atoms with E-state index in [1.807, 2.05) is 13.8 Å². The summed E-state index contributed by atoms with van der Waals surface area (Å²) < 4.78 is 60.9. The number of nitrogens with zero attached hydrogens (tertiary/aromatic N) is 4. The van der Waals surface area contributed by atoms with Crippen molar-refractivity contribution in [1.29, 1.82) is 0 Å². The van der Waals surface area contributed by atoms with Crippen molar-refractivity contribution in [2.75, 3.05) is 19.7 Å². The van der Waals surface area contributed by atoms with Gasteiger partial charge < -0.3 is 9.64 Å². The summed E-state index contributed by atoms with van der Waals surface area (Å²) in [7, 11) is 0. The monoisotopic (exact) mass is 626 g/mol. The number of alkyl halides is 3. The number of thiazole rings is 1. The average molecular weight is 627 g/mol. The summed E-state index contributed by atoms with van der Waals surface area (Å²) in [5.41, 5.74) is 0.787. The number of rotatable bonds is 7. The quantitative estimate of drug-likeness (QED) is 0.197. The van der Waals surface area contributed by atoms with E-state index in [0.29, 0.717) is 24.3 Å². The minimum absolute atomic E-state index is 0.0116. The molecule has 44 heavy (non-hydrogen) atoms. The third-order valence-electron chi connectivity index (χ3n) is 7.10. The summed E-state index contributed by atoms with van der Waals surface area (Å²) in [6.07, 6.45) is 0.906. The Balaban J connectivity index is 1.75. The van der Waals surface area contributed by atoms with Crippen molar-refractivity contribution in [3.8, 4) is 33.4 Å². The van der Waals surface area contributed by atoms with Gasteiger partial charge in [-0.05, 0) is 64.3 Å². The zero-order valence-corrected chi connectivity index (χ0v) is 25.2. The highest BCUT2D eigenvalue weighted by Gasteiger charge is 2.30. The second-order valence-electron chi connectivity index (χ2n) is 10.6. The maximum atomic E-state index is 14.7. The first-order valence-corrected chi connectivity index (χ1v) is 15.0. The van der Waals surface area contributed by atoms with Gasteiger partial charge in [0.1, 0.15) is 16.5 Å². The number of carbonyl (C=O) groups is 1. The van der Waals surface area contributed by atoms with E-state index in [4.69, 9.17) is 4.74 Å². The Hall–Kier alpha value is -4.32. The van der Waals surface area contributed by atoms with E-state index in [9.17, 15) is 27.2 Å². The molecule has 0 atom stereocenters. The van der Waals surface area contributed by atoms with Crippen LogP contribution in [0, 0.1) is 5.82 Å². The van der Waals surface area contributed by atoms with Crippen LogP contribution in [0.15, 0.2) is 58.3 Å². The molecule has 4 heterocycles. The smallest absolute Gasteiger partial charge is 0.416 e. The van der Waals surface area contributed by atoms with Crippen LogP contribution in [0.2, 0.25) is 0 Å². The Bertz CT molecular complexity index is 1770. The minimum Gasteiger partial charge on any atom is -0.476 e. The second-order valence-corrected chi connectivity index (χ2v) is 11.5. The van der Waals surface area contributed by atoms with Crippen molar-refractivity contribution >= 4 is 23.3 Å². The van der Waals surface area contributed by atoms with Gasteiger partial charge in [0.15, 0.2) is 0 Å². The normalized spacial score (nSPS) is 13.6. The molecule has 4 aromatic rings. The molecular formula is C32H30F4N4O3S. The predicted molar refractivity (Wildman–Crippen MR) is 162 cm³/mol. The molecule has 0 spiro atoms. The third-order valence-corrected chi connectivity index (χ3v) is 7.98. The Morgan fingerprint density at radius 1 is 1.09 bits per heavy atom. The number of hydrogen-bond acceptors (Lipinski definition) is 6. The molecule has 7 nitrogen and oxygen atoms in total. The average Bonchev–Trinajstić information content (AvgIpc) is 3.48. The van der Waals surface area contributed by atoms with E-state index in [-0.39, 0.29) is 45.9 Å². The number of amides is 1. The SMILES string of the molecule is CCOc1ncc(F)cc1-n1c(C=C(C)C)c(C(=O)N2CCCCC2)cc(-c2nc(-c3ccc(C(F)(F)F)cc3)cs2)c1=O. The summed E-state index contributed by atoms with van der Waals surface area (Å²) in [4.78, 5) is 38.8. The van der Waals surface area contributed by atoms with Gasteiger partial charge in [0.05, 0.1) is 40.9 Å². The van der Waals surface area contributed by atoms with Gasteiger partial charge in [-0.25, -0.2) is 14.4 Å². The van der Waals surface area contributed by atoms with Crippen molar-refractivity contribution < 1.29 is 27.1 Å². The van der Waals surface area contributed by atoms with Crippen LogP contribution < -0.4 is 10.3 Å². The Labute approximate surface area is 255 Å². The highest BCUT2D eigenvalue weighted by atomic mass is 32.1. The summed E-state index contributed by atoms with van der Waals surface area (Å²) in [5, 5.41) is 1.88. The van der Waals surface area contributed by atoms with Gasteiger partial charge >= 0.3 is 6.18 Å². The fourth-order valence-electron chi connectivity index (χ4n) is 5.06. The predicted octanol–water partition coefficient (Wildman–Crippen LogP) is 7.63. The van der Waals surface area contributed by atoms with Crippen LogP contribution in [0.25, 0.3) is 33.6 Å². The Morgan fingerprint density at radius 3 is 2.43 bits per heavy atom. The minimum atomic E-state index is -4.48. The Kier molecular flexibility index (Phi) is 9.00. The Morgan fingerprint density at radius 2 is 1.80 bits per heavy atom. The van der Waals surface area contributed by atoms with Crippen LogP contribution in [0.3, 0.4) is 0 Å². The molecular weight excluding hydrogens is 596 g/mol. The highest BCUT2D eigenvalue weighted by Crippen LogP contribution is 2.34. The maximum absolute atomic E-state index is 14.7. The lowest BCUT2D eigenvalue weighted by molar-refractivity contribution is -0.137. The van der Waals surface area contributed by atoms with Gasteiger partial charge in [0, 0.05) is 30.1 Å². The number of piperidine rings is 1. The summed E-state index contributed by atoms with van der Waals surface area (Å²) in [5.74, 6) is -0.974. The van der Waals surface area contributed by atoms with Gasteiger partial charge in [-0.15, -0.1) is 11.3 Å². The first-order chi connectivity index (χ1) is 21.0. The fourth-order valence-corrected chi connectivity index (χ4v) is 5.90. The van der Waals surface area contributed by atoms with Gasteiger partial charge in [-0.1, -0.05) is 17.7 Å². The zero-order valence-electron chi connectivity index (χ0n) is 24.4. The number of allylic oxidation sites excluding steroid dienone is 1. The number of carbonyl (C=O) groups excluding carboxylic acids is 1. The van der Waals surface area contributed by atoms with E-state index in [2.05, 4.69) is 9.97 Å². The lowest BCUT2D eigenvalue weighted by atomic mass is 10.0. The summed E-state index contributed by atoms with van der Waals surface area (Å²) in [6.45, 7) is 6.69. The standard InChI is InChI=1S/C32H30F4N4O3S/c1-4-43-28-27(15-22(33)17-37-28)40-26(14-19(2)3)23(30(41)39-12-6-5-7-13-39)16-24(31(40)42)29-38-25(18-44-29)20-8-10-21(11-9-20)32(34,35)36/h8-11,14-18H,4-7,12-13H2,1-3H3. The first-order valence-electron chi connectivity index (χ1n) is 14.1. The zero-order chi connectivity index (χ0) is 31.6. The van der Waals surface area contributed by atoms with Crippen LogP contribution in [0.4, 0.5) is 17.6 Å². The fraction of sp³-hybridized carbons (Fsp3) is 0.312. The van der Waals surface area contributed by atoms with E-state index >= 15 is 0 Å². The van der Waals surface area contributed by atoms with Crippen LogP contribution >= 0.6 is 11.3 Å². The number of ether oxygens (including phenoxy) is 1. The van der Waals surface area contributed by atoms with Crippen molar-refractivity contribution in [3.05, 3.63) is 86.5 Å². The van der Waals surface area contributed by atoms with Gasteiger partial charge in [-0.2, -0.15) is 13.2 Å². The number of hydrogen-bond donors (Lipinski definition) is 0. The lowest BCUT2D eigenvalue weighted by Crippen LogP contribution is -2.37. The van der Waals surface area contributed by atoms with Crippen molar-refractivity contribution in [2.45, 2.75) is 46.2 Å². The molecule has 0 saturated carbocycles. The van der Waals surface area contributed by atoms with E-state index < -0.39 is 23.1 Å². The molecule has 0 radical (unpaired) electrons. The molecule has 1 fully saturated rings. The third kappa shape index (κ3) is 6.45. The van der Waals surface area contributed by atoms with E-state index in [1.165, 1.54) is 22.8 Å². The second kappa shape index (κ2) is 12.7. The molecule has 12 heteroatoms. The molecule has 1 amide bonds. The van der Waals surface area contributed by atoms with E-state index in [0.717, 1.165) is 60.6 Å².